The average Bonchev–Trinajstić information content (AvgIpc) is 2.45. The van der Waals surface area contributed by atoms with Gasteiger partial charge in [-0.1, -0.05) is 0 Å². The van der Waals surface area contributed by atoms with E-state index in [4.69, 9.17) is 14.2 Å². The second-order valence-electron chi connectivity index (χ2n) is 3.55. The molecule has 1 rings (SSSR count). The number of carbonyl (C=O) groups is 2. The summed E-state index contributed by atoms with van der Waals surface area (Å²) in [7, 11) is 4.22. The number of hydrogen-bond donors (Lipinski definition) is 0. The molecule has 0 aliphatic carbocycles. The monoisotopic (exact) mass is 268 g/mol. The lowest BCUT2D eigenvalue weighted by molar-refractivity contribution is -0.146. The molecule has 0 aliphatic rings. The topological polar surface area (TPSA) is 71.1 Å². The number of methoxy groups -OCH3 is 3. The summed E-state index contributed by atoms with van der Waals surface area (Å²) >= 11 is 0. The largest absolute Gasteiger partial charge is 0.496 e. The van der Waals surface area contributed by atoms with Crippen molar-refractivity contribution in [2.24, 2.45) is 0 Å². The Morgan fingerprint density at radius 3 is 2.32 bits per heavy atom. The van der Waals surface area contributed by atoms with E-state index in [1.54, 1.807) is 12.1 Å². The predicted molar refractivity (Wildman–Crippen MR) is 66.6 cm³/mol. The maximum absolute atomic E-state index is 11.1. The van der Waals surface area contributed by atoms with Crippen molar-refractivity contribution < 1.29 is 28.5 Å². The Morgan fingerprint density at radius 1 is 1.16 bits per heavy atom. The molecule has 6 heteroatoms. The zero-order valence-corrected chi connectivity index (χ0v) is 11.1. The van der Waals surface area contributed by atoms with Gasteiger partial charge in [-0.15, -0.1) is 0 Å². The van der Waals surface area contributed by atoms with Gasteiger partial charge in [0.05, 0.1) is 33.5 Å². The Hall–Kier alpha value is -2.08. The van der Waals surface area contributed by atoms with Crippen LogP contribution in [0.15, 0.2) is 12.1 Å². The number of ether oxygens (including phenoxy) is 4. The van der Waals surface area contributed by atoms with Crippen LogP contribution in [0, 0.1) is 0 Å². The van der Waals surface area contributed by atoms with E-state index >= 15 is 0 Å². The lowest BCUT2D eigenvalue weighted by atomic mass is 10.1. The van der Waals surface area contributed by atoms with Crippen molar-refractivity contribution in [2.75, 3.05) is 27.9 Å². The van der Waals surface area contributed by atoms with Gasteiger partial charge in [0, 0.05) is 5.56 Å². The molecule has 0 bridgehead atoms. The quantitative estimate of drug-likeness (QED) is 0.546. The third-order valence-corrected chi connectivity index (χ3v) is 2.53. The van der Waals surface area contributed by atoms with E-state index in [9.17, 15) is 9.59 Å². The maximum atomic E-state index is 11.1. The second-order valence-corrected chi connectivity index (χ2v) is 3.55. The van der Waals surface area contributed by atoms with Crippen molar-refractivity contribution in [1.29, 1.82) is 0 Å². The van der Waals surface area contributed by atoms with E-state index < -0.39 is 5.97 Å². The molecular formula is C13H16O6. The number of benzene rings is 1. The van der Waals surface area contributed by atoms with Crippen LogP contribution in [0.2, 0.25) is 0 Å². The Labute approximate surface area is 111 Å². The normalized spacial score (nSPS) is 9.84. The molecular weight excluding hydrogens is 252 g/mol. The smallest absolute Gasteiger partial charge is 0.331 e. The maximum Gasteiger partial charge on any atom is 0.331 e. The van der Waals surface area contributed by atoms with E-state index in [1.165, 1.54) is 21.3 Å². The fraction of sp³-hybridized carbons (Fsp3) is 0.385. The fourth-order valence-corrected chi connectivity index (χ4v) is 1.57. The van der Waals surface area contributed by atoms with Crippen LogP contribution in [0.25, 0.3) is 0 Å². The van der Waals surface area contributed by atoms with Crippen molar-refractivity contribution in [3.05, 3.63) is 23.3 Å². The van der Waals surface area contributed by atoms with Gasteiger partial charge >= 0.3 is 5.97 Å². The third kappa shape index (κ3) is 3.69. The molecule has 0 N–H and O–H groups in total. The van der Waals surface area contributed by atoms with Crippen LogP contribution in [-0.4, -0.2) is 40.2 Å². The van der Waals surface area contributed by atoms with E-state index in [1.807, 2.05) is 0 Å². The highest BCUT2D eigenvalue weighted by Gasteiger charge is 2.15. The Kier molecular flexibility index (Phi) is 5.81. The Morgan fingerprint density at radius 2 is 1.79 bits per heavy atom. The summed E-state index contributed by atoms with van der Waals surface area (Å²) in [5.74, 6) is 0.426. The number of aldehydes is 1. The minimum Gasteiger partial charge on any atom is -0.496 e. The molecule has 0 heterocycles. The van der Waals surface area contributed by atoms with E-state index in [2.05, 4.69) is 4.74 Å². The van der Waals surface area contributed by atoms with Crippen LogP contribution >= 0.6 is 0 Å². The van der Waals surface area contributed by atoms with Gasteiger partial charge in [-0.25, -0.2) is 4.79 Å². The summed E-state index contributed by atoms with van der Waals surface area (Å²) in [5.41, 5.74) is 0.868. The van der Waals surface area contributed by atoms with Crippen LogP contribution in [0.5, 0.6) is 11.5 Å². The minimum absolute atomic E-state index is 0.0452. The lowest BCUT2D eigenvalue weighted by Gasteiger charge is -2.13. The van der Waals surface area contributed by atoms with E-state index in [0.717, 1.165) is 0 Å². The molecule has 0 amide bonds. The van der Waals surface area contributed by atoms with Crippen LogP contribution in [-0.2, 0) is 20.9 Å². The first-order valence-electron chi connectivity index (χ1n) is 5.51. The molecule has 0 atom stereocenters. The Balaban J connectivity index is 2.95. The molecule has 19 heavy (non-hydrogen) atoms. The molecule has 0 saturated carbocycles. The zero-order valence-electron chi connectivity index (χ0n) is 11.1. The summed E-state index contributed by atoms with van der Waals surface area (Å²) in [4.78, 5) is 22.1. The minimum atomic E-state index is -0.491. The Bertz CT molecular complexity index is 455. The zero-order chi connectivity index (χ0) is 14.3. The number of rotatable bonds is 7. The molecule has 104 valence electrons. The van der Waals surface area contributed by atoms with E-state index in [0.29, 0.717) is 28.9 Å². The third-order valence-electron chi connectivity index (χ3n) is 2.53. The van der Waals surface area contributed by atoms with Gasteiger partial charge in [0.1, 0.15) is 18.1 Å². The molecule has 0 aromatic heterocycles. The van der Waals surface area contributed by atoms with Gasteiger partial charge in [0.15, 0.2) is 6.29 Å². The first kappa shape index (κ1) is 15.0. The van der Waals surface area contributed by atoms with Gasteiger partial charge in [0.25, 0.3) is 0 Å². The van der Waals surface area contributed by atoms with Crippen molar-refractivity contribution in [3.63, 3.8) is 0 Å². The van der Waals surface area contributed by atoms with Crippen LogP contribution in [0.4, 0.5) is 0 Å². The summed E-state index contributed by atoms with van der Waals surface area (Å²) in [5, 5.41) is 0. The molecule has 0 unspecified atom stereocenters. The van der Waals surface area contributed by atoms with Crippen molar-refractivity contribution >= 4 is 12.3 Å². The molecule has 0 spiro atoms. The predicted octanol–water partition coefficient (Wildman–Crippen LogP) is 1.21. The van der Waals surface area contributed by atoms with Crippen LogP contribution < -0.4 is 9.47 Å². The highest BCUT2D eigenvalue weighted by atomic mass is 16.6. The van der Waals surface area contributed by atoms with Crippen LogP contribution in [0.1, 0.15) is 15.9 Å². The molecule has 1 aromatic rings. The second kappa shape index (κ2) is 7.38. The fourth-order valence-electron chi connectivity index (χ4n) is 1.57. The molecule has 1 aromatic carbocycles. The molecule has 0 saturated heterocycles. The van der Waals surface area contributed by atoms with Gasteiger partial charge in [-0.3, -0.25) is 4.79 Å². The highest BCUT2D eigenvalue weighted by molar-refractivity contribution is 5.83. The number of carbonyl (C=O) groups excluding carboxylic acids is 2. The van der Waals surface area contributed by atoms with E-state index in [-0.39, 0.29) is 13.2 Å². The highest BCUT2D eigenvalue weighted by Crippen LogP contribution is 2.29. The summed E-state index contributed by atoms with van der Waals surface area (Å²) in [6.45, 7) is -0.154. The van der Waals surface area contributed by atoms with Gasteiger partial charge in [-0.2, -0.15) is 0 Å². The first-order valence-corrected chi connectivity index (χ1v) is 5.51. The number of esters is 1. The van der Waals surface area contributed by atoms with Gasteiger partial charge < -0.3 is 18.9 Å². The lowest BCUT2D eigenvalue weighted by Crippen LogP contribution is -2.11. The average molecular weight is 268 g/mol. The van der Waals surface area contributed by atoms with Gasteiger partial charge in [-0.05, 0) is 12.1 Å². The summed E-state index contributed by atoms with van der Waals surface area (Å²) < 4.78 is 19.9. The van der Waals surface area contributed by atoms with Crippen LogP contribution in [0.3, 0.4) is 0 Å². The molecule has 0 radical (unpaired) electrons. The molecule has 6 nitrogen and oxygen atoms in total. The van der Waals surface area contributed by atoms with Crippen molar-refractivity contribution in [3.8, 4) is 11.5 Å². The first-order chi connectivity index (χ1) is 9.17. The SMILES string of the molecule is COC(=O)COCc1c(OC)ccc(OC)c1C=O. The van der Waals surface area contributed by atoms with Crippen molar-refractivity contribution in [1.82, 2.24) is 0 Å². The molecule has 0 aliphatic heterocycles. The molecule has 0 fully saturated rings. The summed E-state index contributed by atoms with van der Waals surface area (Å²) in [6.07, 6.45) is 0.665. The van der Waals surface area contributed by atoms with Gasteiger partial charge in [0.2, 0.25) is 0 Å². The van der Waals surface area contributed by atoms with Crippen molar-refractivity contribution in [2.45, 2.75) is 6.61 Å². The number of hydrogen-bond acceptors (Lipinski definition) is 6. The standard InChI is InChI=1S/C13H16O6/c1-16-11-4-5-12(17-2)10(9(11)6-14)7-19-8-13(15)18-3/h4-6H,7-8H2,1-3H3. The summed E-state index contributed by atoms with van der Waals surface area (Å²) in [6, 6.07) is 3.30.